The number of aromatic nitrogens is 1. The van der Waals surface area contributed by atoms with E-state index in [2.05, 4.69) is 15.5 Å². The van der Waals surface area contributed by atoms with Gasteiger partial charge in [0, 0.05) is 23.0 Å². The number of nitrogens with zero attached hydrogens (tertiary/aromatic N) is 2. The van der Waals surface area contributed by atoms with E-state index in [1.165, 1.54) is 0 Å². The molecule has 0 atom stereocenters. The summed E-state index contributed by atoms with van der Waals surface area (Å²) in [4.78, 5) is 15.6. The van der Waals surface area contributed by atoms with Crippen LogP contribution >= 0.6 is 23.2 Å². The predicted octanol–water partition coefficient (Wildman–Crippen LogP) is 3.31. The standard InChI is InChI=1S/C15H13Cl2N3O2/c1-10(11-4-6-18-7-5-11)19-20-15(21)9-22-14-3-2-12(16)8-13(14)17/h2-8H,9H2,1H3,(H,20,21). The second-order valence-corrected chi connectivity index (χ2v) is 5.18. The van der Waals surface area contributed by atoms with Crippen LogP contribution in [0.15, 0.2) is 47.8 Å². The Balaban J connectivity index is 1.88. The van der Waals surface area contributed by atoms with Gasteiger partial charge in [0.05, 0.1) is 10.7 Å². The Labute approximate surface area is 137 Å². The molecule has 0 aliphatic rings. The van der Waals surface area contributed by atoms with Crippen molar-refractivity contribution in [1.82, 2.24) is 10.4 Å². The zero-order valence-electron chi connectivity index (χ0n) is 11.7. The first-order chi connectivity index (χ1) is 10.6. The minimum absolute atomic E-state index is 0.200. The fraction of sp³-hybridized carbons (Fsp3) is 0.133. The topological polar surface area (TPSA) is 63.6 Å². The van der Waals surface area contributed by atoms with Gasteiger partial charge in [0.25, 0.3) is 5.91 Å². The van der Waals surface area contributed by atoms with Crippen molar-refractivity contribution in [2.75, 3.05) is 6.61 Å². The number of benzene rings is 1. The third kappa shape index (κ3) is 4.72. The highest BCUT2D eigenvalue weighted by atomic mass is 35.5. The molecule has 0 fully saturated rings. The predicted molar refractivity (Wildman–Crippen MR) is 86.5 cm³/mol. The summed E-state index contributed by atoms with van der Waals surface area (Å²) in [5.74, 6) is -0.00419. The Morgan fingerprint density at radius 3 is 2.68 bits per heavy atom. The van der Waals surface area contributed by atoms with Gasteiger partial charge in [0.1, 0.15) is 5.75 Å². The molecule has 2 aromatic rings. The molecular weight excluding hydrogens is 325 g/mol. The number of hydrazone groups is 1. The number of hydrogen-bond donors (Lipinski definition) is 1. The van der Waals surface area contributed by atoms with Crippen LogP contribution in [0.4, 0.5) is 0 Å². The lowest BCUT2D eigenvalue weighted by atomic mass is 10.2. The van der Waals surface area contributed by atoms with Crippen molar-refractivity contribution in [1.29, 1.82) is 0 Å². The fourth-order valence-electron chi connectivity index (χ4n) is 1.57. The minimum Gasteiger partial charge on any atom is -0.482 e. The van der Waals surface area contributed by atoms with Crippen LogP contribution in [0, 0.1) is 0 Å². The number of hydrogen-bond acceptors (Lipinski definition) is 4. The van der Waals surface area contributed by atoms with Gasteiger partial charge in [0.2, 0.25) is 0 Å². The molecule has 2 rings (SSSR count). The van der Waals surface area contributed by atoms with Crippen LogP contribution in [0.3, 0.4) is 0 Å². The SMILES string of the molecule is CC(=NNC(=O)COc1ccc(Cl)cc1Cl)c1ccncc1. The largest absolute Gasteiger partial charge is 0.482 e. The highest BCUT2D eigenvalue weighted by Gasteiger charge is 2.06. The smallest absolute Gasteiger partial charge is 0.277 e. The number of halogens is 2. The van der Waals surface area contributed by atoms with Crippen molar-refractivity contribution in [2.24, 2.45) is 5.10 Å². The molecular formula is C15H13Cl2N3O2. The van der Waals surface area contributed by atoms with Crippen LogP contribution in [-0.4, -0.2) is 23.2 Å². The summed E-state index contributed by atoms with van der Waals surface area (Å²) < 4.78 is 5.31. The first kappa shape index (κ1) is 16.3. The Hall–Kier alpha value is -2.11. The molecule has 0 bridgehead atoms. The number of carbonyl (C=O) groups excluding carboxylic acids is 1. The first-order valence-electron chi connectivity index (χ1n) is 6.37. The van der Waals surface area contributed by atoms with Gasteiger partial charge in [-0.15, -0.1) is 0 Å². The monoisotopic (exact) mass is 337 g/mol. The third-order valence-electron chi connectivity index (χ3n) is 2.70. The maximum absolute atomic E-state index is 11.7. The van der Waals surface area contributed by atoms with E-state index in [4.69, 9.17) is 27.9 Å². The lowest BCUT2D eigenvalue weighted by Gasteiger charge is -2.07. The summed E-state index contributed by atoms with van der Waals surface area (Å²) in [5, 5.41) is 4.84. The van der Waals surface area contributed by atoms with Crippen LogP contribution in [0.25, 0.3) is 0 Å². The molecule has 1 amide bonds. The Morgan fingerprint density at radius 1 is 1.27 bits per heavy atom. The molecule has 0 spiro atoms. The van der Waals surface area contributed by atoms with Crippen LogP contribution in [0.5, 0.6) is 5.75 Å². The molecule has 0 saturated carbocycles. The van der Waals surface area contributed by atoms with Crippen molar-refractivity contribution in [2.45, 2.75) is 6.92 Å². The average Bonchev–Trinajstić information content (AvgIpc) is 2.52. The Bertz CT molecular complexity index is 690. The quantitative estimate of drug-likeness (QED) is 0.672. The summed E-state index contributed by atoms with van der Waals surface area (Å²) in [6, 6.07) is 8.38. The zero-order valence-corrected chi connectivity index (χ0v) is 13.2. The van der Waals surface area contributed by atoms with Gasteiger partial charge < -0.3 is 4.74 Å². The summed E-state index contributed by atoms with van der Waals surface area (Å²) in [6.07, 6.45) is 3.31. The maximum Gasteiger partial charge on any atom is 0.277 e. The van der Waals surface area contributed by atoms with Crippen molar-refractivity contribution in [3.63, 3.8) is 0 Å². The summed E-state index contributed by atoms with van der Waals surface area (Å²) in [6.45, 7) is 1.58. The van der Waals surface area contributed by atoms with E-state index < -0.39 is 0 Å². The van der Waals surface area contributed by atoms with Crippen LogP contribution in [0.2, 0.25) is 10.0 Å². The van der Waals surface area contributed by atoms with Gasteiger partial charge >= 0.3 is 0 Å². The van der Waals surface area contributed by atoms with Gasteiger partial charge in [-0.05, 0) is 37.3 Å². The molecule has 0 saturated heterocycles. The second-order valence-electron chi connectivity index (χ2n) is 4.33. The van der Waals surface area contributed by atoms with Crippen molar-refractivity contribution < 1.29 is 9.53 Å². The van der Waals surface area contributed by atoms with Gasteiger partial charge in [-0.2, -0.15) is 5.10 Å². The van der Waals surface area contributed by atoms with E-state index in [9.17, 15) is 4.79 Å². The van der Waals surface area contributed by atoms with Crippen LogP contribution in [-0.2, 0) is 4.79 Å². The molecule has 0 aliphatic heterocycles. The van der Waals surface area contributed by atoms with Gasteiger partial charge in [-0.1, -0.05) is 23.2 Å². The second kappa shape index (κ2) is 7.77. The Kier molecular flexibility index (Phi) is 5.75. The molecule has 0 unspecified atom stereocenters. The molecule has 0 aliphatic carbocycles. The number of carbonyl (C=O) groups is 1. The molecule has 5 nitrogen and oxygen atoms in total. The van der Waals surface area contributed by atoms with Crippen molar-refractivity contribution in [3.8, 4) is 5.75 Å². The van der Waals surface area contributed by atoms with Gasteiger partial charge in [0.15, 0.2) is 6.61 Å². The number of ether oxygens (including phenoxy) is 1. The molecule has 1 aromatic heterocycles. The van der Waals surface area contributed by atoms with Crippen molar-refractivity contribution >= 4 is 34.8 Å². The highest BCUT2D eigenvalue weighted by Crippen LogP contribution is 2.27. The highest BCUT2D eigenvalue weighted by molar-refractivity contribution is 6.35. The molecule has 7 heteroatoms. The number of rotatable bonds is 5. The maximum atomic E-state index is 11.7. The molecule has 0 radical (unpaired) electrons. The zero-order chi connectivity index (χ0) is 15.9. The van der Waals surface area contributed by atoms with Crippen LogP contribution in [0.1, 0.15) is 12.5 Å². The summed E-state index contributed by atoms with van der Waals surface area (Å²) >= 11 is 11.7. The number of amides is 1. The van der Waals surface area contributed by atoms with E-state index >= 15 is 0 Å². The summed E-state index contributed by atoms with van der Waals surface area (Å²) in [5.41, 5.74) is 3.96. The van der Waals surface area contributed by atoms with E-state index in [0.717, 1.165) is 5.56 Å². The van der Waals surface area contributed by atoms with E-state index in [0.29, 0.717) is 21.5 Å². The minimum atomic E-state index is -0.389. The van der Waals surface area contributed by atoms with E-state index in [1.54, 1.807) is 49.6 Å². The molecule has 114 valence electrons. The molecule has 1 N–H and O–H groups in total. The average molecular weight is 338 g/mol. The third-order valence-corrected chi connectivity index (χ3v) is 3.23. The lowest BCUT2D eigenvalue weighted by Crippen LogP contribution is -2.25. The lowest BCUT2D eigenvalue weighted by molar-refractivity contribution is -0.123. The van der Waals surface area contributed by atoms with Crippen molar-refractivity contribution in [3.05, 3.63) is 58.3 Å². The molecule has 1 aromatic carbocycles. The normalized spacial score (nSPS) is 11.1. The Morgan fingerprint density at radius 2 is 2.00 bits per heavy atom. The first-order valence-corrected chi connectivity index (χ1v) is 7.13. The van der Waals surface area contributed by atoms with Gasteiger partial charge in [-0.25, -0.2) is 5.43 Å². The number of pyridine rings is 1. The number of nitrogens with one attached hydrogen (secondary N) is 1. The molecule has 22 heavy (non-hydrogen) atoms. The van der Waals surface area contributed by atoms with E-state index in [1.807, 2.05) is 0 Å². The molecule has 1 heterocycles. The fourth-order valence-corrected chi connectivity index (χ4v) is 2.03. The van der Waals surface area contributed by atoms with Gasteiger partial charge in [-0.3, -0.25) is 9.78 Å². The summed E-state index contributed by atoms with van der Waals surface area (Å²) in [7, 11) is 0. The van der Waals surface area contributed by atoms with Crippen LogP contribution < -0.4 is 10.2 Å². The van der Waals surface area contributed by atoms with E-state index in [-0.39, 0.29) is 12.5 Å².